The summed E-state index contributed by atoms with van der Waals surface area (Å²) in [7, 11) is 0. The molecule has 0 fully saturated rings. The number of rotatable bonds is 15. The number of carbonyl (C=O) groups is 4. The van der Waals surface area contributed by atoms with Crippen LogP contribution in [0.15, 0.2) is 91.1 Å². The molecule has 0 aliphatic carbocycles. The smallest absolute Gasteiger partial charge is 0.326 e. The summed E-state index contributed by atoms with van der Waals surface area (Å²) in [5, 5.41) is 19.0. The van der Waals surface area contributed by atoms with Gasteiger partial charge in [0.05, 0.1) is 6.04 Å². The Hall–Kier alpha value is -4.96. The highest BCUT2D eigenvalue weighted by Gasteiger charge is 2.31. The van der Waals surface area contributed by atoms with Gasteiger partial charge in [-0.3, -0.25) is 14.4 Å². The number of H-pyrrole nitrogens is 1. The maximum atomic E-state index is 13.7. The molecule has 0 saturated carbocycles. The van der Waals surface area contributed by atoms with Gasteiger partial charge in [0.15, 0.2) is 0 Å². The molecule has 0 bridgehead atoms. The lowest BCUT2D eigenvalue weighted by Gasteiger charge is -2.26. The van der Waals surface area contributed by atoms with Crippen molar-refractivity contribution >= 4 is 34.6 Å². The minimum Gasteiger partial charge on any atom is -0.480 e. The molecule has 1 aromatic heterocycles. The van der Waals surface area contributed by atoms with Crippen LogP contribution in [0.1, 0.15) is 37.0 Å². The highest BCUT2D eigenvalue weighted by Crippen LogP contribution is 2.20. The number of para-hydroxylation sites is 1. The maximum absolute atomic E-state index is 13.7. The number of hydrogen-bond donors (Lipinski definition) is 6. The predicted octanol–water partition coefficient (Wildman–Crippen LogP) is 3.11. The Morgan fingerprint density at radius 2 is 1.22 bits per heavy atom. The number of aromatic amines is 1. The molecular weight excluding hydrogens is 570 g/mol. The number of carbonyl (C=O) groups excluding carboxylic acids is 3. The van der Waals surface area contributed by atoms with Crippen LogP contribution >= 0.6 is 0 Å². The fraction of sp³-hybridized carbons (Fsp3) is 0.314. The van der Waals surface area contributed by atoms with Crippen LogP contribution < -0.4 is 21.7 Å². The lowest BCUT2D eigenvalue weighted by atomic mass is 9.99. The number of hydrogen-bond acceptors (Lipinski definition) is 5. The molecular formula is C35H41N5O5. The van der Waals surface area contributed by atoms with Crippen LogP contribution in [0.5, 0.6) is 0 Å². The standard InChI is InChI=1S/C35H41N5O5/c1-22(2)17-29(38-32(41)27(36)18-23-11-5-3-6-12-23)33(42)39-30(20-25-21-37-28-16-10-9-15-26(25)28)34(43)40-31(35(44)45)19-24-13-7-4-8-14-24/h3-16,21-22,27,29-31,37H,17-20,36H2,1-2H3,(H,38,41)(H,39,42)(H,40,43)(H,44,45). The number of benzene rings is 3. The zero-order chi connectivity index (χ0) is 32.3. The summed E-state index contributed by atoms with van der Waals surface area (Å²) in [6.07, 6.45) is 2.54. The molecule has 10 heteroatoms. The highest BCUT2D eigenvalue weighted by atomic mass is 16.4. The highest BCUT2D eigenvalue weighted by molar-refractivity contribution is 5.95. The van der Waals surface area contributed by atoms with E-state index in [1.807, 2.05) is 74.5 Å². The lowest BCUT2D eigenvalue weighted by Crippen LogP contribution is -2.58. The van der Waals surface area contributed by atoms with Crippen molar-refractivity contribution in [3.8, 4) is 0 Å². The third-order valence-corrected chi connectivity index (χ3v) is 7.60. The van der Waals surface area contributed by atoms with Crippen LogP contribution in [0, 0.1) is 5.92 Å². The van der Waals surface area contributed by atoms with E-state index in [0.717, 1.165) is 27.6 Å². The molecule has 0 aliphatic heterocycles. The van der Waals surface area contributed by atoms with Crippen LogP contribution in [0.4, 0.5) is 0 Å². The van der Waals surface area contributed by atoms with Crippen molar-refractivity contribution < 1.29 is 24.3 Å². The van der Waals surface area contributed by atoms with Gasteiger partial charge in [0.2, 0.25) is 17.7 Å². The van der Waals surface area contributed by atoms with E-state index in [9.17, 15) is 24.3 Å². The van der Waals surface area contributed by atoms with E-state index in [2.05, 4.69) is 20.9 Å². The van der Waals surface area contributed by atoms with Gasteiger partial charge in [-0.25, -0.2) is 4.79 Å². The molecule has 10 nitrogen and oxygen atoms in total. The Kier molecular flexibility index (Phi) is 11.5. The van der Waals surface area contributed by atoms with Crippen LogP contribution in [-0.4, -0.2) is 57.9 Å². The van der Waals surface area contributed by atoms with Crippen LogP contribution in [0.3, 0.4) is 0 Å². The molecule has 0 saturated heterocycles. The largest absolute Gasteiger partial charge is 0.480 e. The maximum Gasteiger partial charge on any atom is 0.326 e. The van der Waals surface area contributed by atoms with Crippen molar-refractivity contribution in [3.05, 3.63) is 108 Å². The monoisotopic (exact) mass is 611 g/mol. The van der Waals surface area contributed by atoms with Crippen molar-refractivity contribution in [1.29, 1.82) is 0 Å². The fourth-order valence-corrected chi connectivity index (χ4v) is 5.27. The Labute approximate surface area is 262 Å². The number of aliphatic carboxylic acids is 1. The minimum atomic E-state index is -1.22. The quantitative estimate of drug-likeness (QED) is 0.121. The van der Waals surface area contributed by atoms with Crippen LogP contribution in [0.2, 0.25) is 0 Å². The molecule has 7 N–H and O–H groups in total. The first-order valence-corrected chi connectivity index (χ1v) is 15.1. The zero-order valence-electron chi connectivity index (χ0n) is 25.5. The summed E-state index contributed by atoms with van der Waals surface area (Å²) in [6, 6.07) is 21.7. The summed E-state index contributed by atoms with van der Waals surface area (Å²) in [5.74, 6) is -2.84. The Balaban J connectivity index is 1.54. The second-order valence-electron chi connectivity index (χ2n) is 11.7. The number of amides is 3. The molecule has 4 unspecified atom stereocenters. The summed E-state index contributed by atoms with van der Waals surface area (Å²) < 4.78 is 0. The SMILES string of the molecule is CC(C)CC(NC(=O)C(N)Cc1ccccc1)C(=O)NC(Cc1c[nH]c2ccccc12)C(=O)NC(Cc1ccccc1)C(=O)O. The van der Waals surface area contributed by atoms with E-state index < -0.39 is 47.9 Å². The molecule has 4 atom stereocenters. The van der Waals surface area contributed by atoms with Gasteiger partial charge in [-0.1, -0.05) is 92.7 Å². The van der Waals surface area contributed by atoms with Gasteiger partial charge < -0.3 is 31.8 Å². The third kappa shape index (κ3) is 9.51. The minimum absolute atomic E-state index is 0.0366. The van der Waals surface area contributed by atoms with E-state index in [1.165, 1.54) is 0 Å². The van der Waals surface area contributed by atoms with E-state index in [0.29, 0.717) is 12.8 Å². The average Bonchev–Trinajstić information content (AvgIpc) is 3.43. The Morgan fingerprint density at radius 1 is 0.689 bits per heavy atom. The van der Waals surface area contributed by atoms with E-state index in [4.69, 9.17) is 5.73 Å². The van der Waals surface area contributed by atoms with Gasteiger partial charge in [0.1, 0.15) is 18.1 Å². The Bertz CT molecular complexity index is 1590. The molecule has 0 aliphatic rings. The normalized spacial score (nSPS) is 13.9. The number of carboxylic acids is 1. The first-order valence-electron chi connectivity index (χ1n) is 15.1. The number of aromatic nitrogens is 1. The predicted molar refractivity (Wildman–Crippen MR) is 173 cm³/mol. The first kappa shape index (κ1) is 32.9. The first-order chi connectivity index (χ1) is 21.6. The van der Waals surface area contributed by atoms with E-state index >= 15 is 0 Å². The van der Waals surface area contributed by atoms with E-state index in [-0.39, 0.29) is 18.8 Å². The molecule has 0 spiro atoms. The molecule has 3 amide bonds. The van der Waals surface area contributed by atoms with Gasteiger partial charge in [0.25, 0.3) is 0 Å². The van der Waals surface area contributed by atoms with Gasteiger partial charge in [0, 0.05) is 29.9 Å². The fourth-order valence-electron chi connectivity index (χ4n) is 5.27. The number of carboxylic acid groups (broad SMARTS) is 1. The second-order valence-corrected chi connectivity index (χ2v) is 11.7. The summed E-state index contributed by atoms with van der Waals surface area (Å²) in [4.78, 5) is 55.9. The van der Waals surface area contributed by atoms with Crippen molar-refractivity contribution in [2.24, 2.45) is 11.7 Å². The van der Waals surface area contributed by atoms with Gasteiger partial charge in [-0.15, -0.1) is 0 Å². The number of nitrogens with one attached hydrogen (secondary N) is 4. The van der Waals surface area contributed by atoms with Crippen molar-refractivity contribution in [2.45, 2.75) is 63.7 Å². The topological polar surface area (TPSA) is 166 Å². The molecule has 1 heterocycles. The van der Waals surface area contributed by atoms with Gasteiger partial charge >= 0.3 is 5.97 Å². The number of fused-ring (bicyclic) bond motifs is 1. The van der Waals surface area contributed by atoms with Gasteiger partial charge in [-0.2, -0.15) is 0 Å². The van der Waals surface area contributed by atoms with Crippen molar-refractivity contribution in [2.75, 3.05) is 0 Å². The van der Waals surface area contributed by atoms with E-state index in [1.54, 1.807) is 30.5 Å². The average molecular weight is 612 g/mol. The van der Waals surface area contributed by atoms with Gasteiger partial charge in [-0.05, 0) is 41.5 Å². The third-order valence-electron chi connectivity index (χ3n) is 7.60. The van der Waals surface area contributed by atoms with Crippen LogP contribution in [-0.2, 0) is 38.4 Å². The molecule has 236 valence electrons. The molecule has 3 aromatic carbocycles. The molecule has 0 radical (unpaired) electrons. The lowest BCUT2D eigenvalue weighted by molar-refractivity contribution is -0.142. The molecule has 4 rings (SSSR count). The Morgan fingerprint density at radius 3 is 1.84 bits per heavy atom. The summed E-state index contributed by atoms with van der Waals surface area (Å²) in [6.45, 7) is 3.85. The molecule has 4 aromatic rings. The molecule has 45 heavy (non-hydrogen) atoms. The summed E-state index contributed by atoms with van der Waals surface area (Å²) in [5.41, 5.74) is 9.47. The van der Waals surface area contributed by atoms with Crippen molar-refractivity contribution in [1.82, 2.24) is 20.9 Å². The van der Waals surface area contributed by atoms with Crippen molar-refractivity contribution in [3.63, 3.8) is 0 Å². The number of nitrogens with two attached hydrogens (primary N) is 1. The van der Waals surface area contributed by atoms with Crippen LogP contribution in [0.25, 0.3) is 10.9 Å². The second kappa shape index (κ2) is 15.7. The summed E-state index contributed by atoms with van der Waals surface area (Å²) >= 11 is 0. The zero-order valence-corrected chi connectivity index (χ0v) is 25.5.